The molecular weight excluding hydrogens is 146 g/mol. The third kappa shape index (κ3) is 1.43. The maximum Gasteiger partial charge on any atom is 0.332 e. The van der Waals surface area contributed by atoms with Crippen LogP contribution in [0.1, 0.15) is 0 Å². The molecule has 0 fully saturated rings. The number of rotatable bonds is 2. The first-order valence-electron chi connectivity index (χ1n) is 3.01. The second-order valence-electron chi connectivity index (χ2n) is 1.89. The summed E-state index contributed by atoms with van der Waals surface area (Å²) < 4.78 is 1.03. The molecule has 0 unspecified atom stereocenters. The molecule has 0 aliphatic heterocycles. The fourth-order valence-corrected chi connectivity index (χ4v) is 0.641. The highest BCUT2D eigenvalue weighted by molar-refractivity contribution is 4.76. The lowest BCUT2D eigenvalue weighted by Crippen LogP contribution is -2.37. The van der Waals surface area contributed by atoms with Crippen LogP contribution in [0.15, 0.2) is 28.6 Å². The lowest BCUT2D eigenvalue weighted by Gasteiger charge is -1.95. The van der Waals surface area contributed by atoms with Gasteiger partial charge >= 0.3 is 11.1 Å². The topological polar surface area (TPSA) is 67.8 Å². The van der Waals surface area contributed by atoms with Crippen molar-refractivity contribution in [2.24, 2.45) is 0 Å². The van der Waals surface area contributed by atoms with Crippen molar-refractivity contribution in [3.63, 3.8) is 0 Å². The minimum Gasteiger partial charge on any atom is -0.307 e. The third-order valence-corrected chi connectivity index (χ3v) is 1.12. The fourth-order valence-electron chi connectivity index (χ4n) is 0.641. The molecule has 1 heterocycles. The van der Waals surface area contributed by atoms with Crippen molar-refractivity contribution in [2.45, 2.75) is 6.54 Å². The molecule has 1 N–H and O–H groups in total. The van der Waals surface area contributed by atoms with Gasteiger partial charge in [0.15, 0.2) is 0 Å². The molecule has 0 aromatic carbocycles. The Morgan fingerprint density at radius 2 is 2.45 bits per heavy atom. The number of hydrogen-bond acceptors (Lipinski definition) is 3. The minimum absolute atomic E-state index is 0.253. The van der Waals surface area contributed by atoms with E-state index in [-0.39, 0.29) is 6.54 Å². The summed E-state index contributed by atoms with van der Waals surface area (Å²) in [5, 5.41) is 3.61. The number of H-pyrrole nitrogens is 1. The Morgan fingerprint density at radius 3 is 3.09 bits per heavy atom. The monoisotopic (exact) mass is 153 g/mol. The van der Waals surface area contributed by atoms with Gasteiger partial charge in [-0.3, -0.25) is 9.59 Å². The van der Waals surface area contributed by atoms with Gasteiger partial charge in [-0.05, 0) is 0 Å². The third-order valence-electron chi connectivity index (χ3n) is 1.12. The number of allylic oxidation sites excluding steroid dienone is 1. The Hall–Kier alpha value is -1.65. The Balaban J connectivity index is 3.28. The molecule has 5 nitrogen and oxygen atoms in total. The molecule has 0 saturated carbocycles. The van der Waals surface area contributed by atoms with Gasteiger partial charge in [0.25, 0.3) is 0 Å². The smallest absolute Gasteiger partial charge is 0.307 e. The van der Waals surface area contributed by atoms with Gasteiger partial charge < -0.3 is 4.98 Å². The summed E-state index contributed by atoms with van der Waals surface area (Å²) in [5.41, 5.74) is -1.32. The summed E-state index contributed by atoms with van der Waals surface area (Å²) in [6.07, 6.45) is 2.67. The van der Waals surface area contributed by atoms with Gasteiger partial charge in [-0.2, -0.15) is 5.10 Å². The number of aromatic amines is 1. The van der Waals surface area contributed by atoms with E-state index in [1.165, 1.54) is 12.4 Å². The zero-order valence-electron chi connectivity index (χ0n) is 5.78. The lowest BCUT2D eigenvalue weighted by atomic mass is 10.6. The second-order valence-corrected chi connectivity index (χ2v) is 1.89. The zero-order valence-corrected chi connectivity index (χ0v) is 5.78. The molecule has 0 bridgehead atoms. The van der Waals surface area contributed by atoms with E-state index in [0.717, 1.165) is 4.68 Å². The standard InChI is InChI=1S/C6H7N3O2/c1-2-3-9-6(11)5(10)7-4-8-9/h2,4H,1,3H2,(H,7,8,10). The van der Waals surface area contributed by atoms with Crippen molar-refractivity contribution in [1.29, 1.82) is 0 Å². The molecule has 0 spiro atoms. The van der Waals surface area contributed by atoms with Crippen molar-refractivity contribution in [2.75, 3.05) is 0 Å². The maximum absolute atomic E-state index is 10.9. The molecule has 0 atom stereocenters. The summed E-state index contributed by atoms with van der Waals surface area (Å²) >= 11 is 0. The van der Waals surface area contributed by atoms with Gasteiger partial charge in [-0.25, -0.2) is 4.68 Å². The van der Waals surface area contributed by atoms with Gasteiger partial charge in [-0.15, -0.1) is 6.58 Å². The van der Waals surface area contributed by atoms with Crippen LogP contribution in [0.4, 0.5) is 0 Å². The molecule has 0 aliphatic rings. The number of aromatic nitrogens is 3. The van der Waals surface area contributed by atoms with E-state index in [2.05, 4.69) is 16.7 Å². The largest absolute Gasteiger partial charge is 0.332 e. The van der Waals surface area contributed by atoms with Crippen molar-refractivity contribution < 1.29 is 0 Å². The molecule has 0 amide bonds. The van der Waals surface area contributed by atoms with Gasteiger partial charge in [0.1, 0.15) is 6.33 Å². The van der Waals surface area contributed by atoms with Crippen LogP contribution in [0.2, 0.25) is 0 Å². The van der Waals surface area contributed by atoms with Gasteiger partial charge in [-0.1, -0.05) is 6.08 Å². The number of hydrogen-bond donors (Lipinski definition) is 1. The van der Waals surface area contributed by atoms with E-state index in [4.69, 9.17) is 0 Å². The average molecular weight is 153 g/mol. The van der Waals surface area contributed by atoms with Crippen LogP contribution in [-0.4, -0.2) is 14.8 Å². The van der Waals surface area contributed by atoms with E-state index in [9.17, 15) is 9.59 Å². The number of nitrogens with zero attached hydrogens (tertiary/aromatic N) is 2. The summed E-state index contributed by atoms with van der Waals surface area (Å²) in [7, 11) is 0. The quantitative estimate of drug-likeness (QED) is 0.443. The molecule has 58 valence electrons. The second kappa shape index (κ2) is 2.96. The van der Waals surface area contributed by atoms with Crippen LogP contribution in [0.5, 0.6) is 0 Å². The van der Waals surface area contributed by atoms with E-state index in [1.807, 2.05) is 0 Å². The van der Waals surface area contributed by atoms with Crippen LogP contribution in [0.25, 0.3) is 0 Å². The molecule has 1 rings (SSSR count). The van der Waals surface area contributed by atoms with E-state index >= 15 is 0 Å². The van der Waals surface area contributed by atoms with E-state index < -0.39 is 11.1 Å². The molecule has 11 heavy (non-hydrogen) atoms. The Morgan fingerprint density at radius 1 is 1.73 bits per heavy atom. The molecule has 5 heteroatoms. The summed E-state index contributed by atoms with van der Waals surface area (Å²) in [6, 6.07) is 0. The highest BCUT2D eigenvalue weighted by Gasteiger charge is 1.96. The first-order valence-corrected chi connectivity index (χ1v) is 3.01. The normalized spacial score (nSPS) is 9.45. The molecule has 0 radical (unpaired) electrons. The summed E-state index contributed by atoms with van der Waals surface area (Å²) in [4.78, 5) is 23.7. The Kier molecular flexibility index (Phi) is 2.00. The van der Waals surface area contributed by atoms with Crippen molar-refractivity contribution in [1.82, 2.24) is 14.8 Å². The van der Waals surface area contributed by atoms with Crippen molar-refractivity contribution in [3.05, 3.63) is 39.7 Å². The predicted molar refractivity (Wildman–Crippen MR) is 39.3 cm³/mol. The first kappa shape index (κ1) is 7.46. The van der Waals surface area contributed by atoms with Gasteiger partial charge in [0, 0.05) is 0 Å². The predicted octanol–water partition coefficient (Wildman–Crippen LogP) is -0.882. The van der Waals surface area contributed by atoms with Crippen LogP contribution in [0.3, 0.4) is 0 Å². The molecule has 0 saturated heterocycles. The fraction of sp³-hybridized carbons (Fsp3) is 0.167. The summed E-state index contributed by atoms with van der Waals surface area (Å²) in [5.74, 6) is 0. The molecule has 1 aromatic heterocycles. The summed E-state index contributed by atoms with van der Waals surface area (Å²) in [6.45, 7) is 3.67. The van der Waals surface area contributed by atoms with E-state index in [1.54, 1.807) is 0 Å². The van der Waals surface area contributed by atoms with Crippen molar-refractivity contribution >= 4 is 0 Å². The first-order chi connectivity index (χ1) is 5.25. The maximum atomic E-state index is 10.9. The number of nitrogens with one attached hydrogen (secondary N) is 1. The van der Waals surface area contributed by atoms with E-state index in [0.29, 0.717) is 0 Å². The van der Waals surface area contributed by atoms with Gasteiger partial charge in [0.05, 0.1) is 6.54 Å². The average Bonchev–Trinajstić information content (AvgIpc) is 1.99. The van der Waals surface area contributed by atoms with Crippen molar-refractivity contribution in [3.8, 4) is 0 Å². The highest BCUT2D eigenvalue weighted by atomic mass is 16.2. The van der Waals surface area contributed by atoms with Crippen LogP contribution in [0, 0.1) is 0 Å². The van der Waals surface area contributed by atoms with Crippen LogP contribution < -0.4 is 11.1 Å². The zero-order chi connectivity index (χ0) is 8.27. The molecular formula is C6H7N3O2. The Bertz CT molecular complexity index is 363. The van der Waals surface area contributed by atoms with Crippen LogP contribution >= 0.6 is 0 Å². The lowest BCUT2D eigenvalue weighted by molar-refractivity contribution is 0.628. The Labute approximate surface area is 62.0 Å². The SMILES string of the molecule is C=CCn1nc[nH]c(=O)c1=O. The molecule has 1 aromatic rings. The molecule has 0 aliphatic carbocycles. The van der Waals surface area contributed by atoms with Gasteiger partial charge in [0.2, 0.25) is 0 Å². The van der Waals surface area contributed by atoms with Crippen LogP contribution in [-0.2, 0) is 6.54 Å². The minimum atomic E-state index is -0.665. The highest BCUT2D eigenvalue weighted by Crippen LogP contribution is 1.69.